The summed E-state index contributed by atoms with van der Waals surface area (Å²) in [5.74, 6) is 0.705. The smallest absolute Gasteiger partial charge is 0.243 e. The number of benzene rings is 3. The molecule has 3 rings (SSSR count). The van der Waals surface area contributed by atoms with Crippen molar-refractivity contribution in [1.82, 2.24) is 10.2 Å². The van der Waals surface area contributed by atoms with Crippen LogP contribution in [0.1, 0.15) is 37.3 Å². The molecule has 0 bridgehead atoms. The van der Waals surface area contributed by atoms with Gasteiger partial charge in [0, 0.05) is 38.5 Å². The maximum absolute atomic E-state index is 13.9. The minimum absolute atomic E-state index is 0.0479. The number of hydrogen-bond donors (Lipinski definition) is 1. The van der Waals surface area contributed by atoms with Crippen molar-refractivity contribution in [2.75, 3.05) is 37.9 Å². The second kappa shape index (κ2) is 15.8. The van der Waals surface area contributed by atoms with Crippen molar-refractivity contribution < 1.29 is 27.5 Å². The zero-order chi connectivity index (χ0) is 30.5. The molecule has 0 aliphatic heterocycles. The summed E-state index contributed by atoms with van der Waals surface area (Å²) in [4.78, 5) is 29.0. The monoisotopic (exact) mass is 595 g/mol. The summed E-state index contributed by atoms with van der Waals surface area (Å²) in [6.07, 6.45) is 2.54. The minimum Gasteiger partial charge on any atom is -0.497 e. The van der Waals surface area contributed by atoms with Crippen molar-refractivity contribution in [1.29, 1.82) is 0 Å². The highest BCUT2D eigenvalue weighted by Gasteiger charge is 2.30. The molecule has 42 heavy (non-hydrogen) atoms. The Labute approximate surface area is 249 Å². The normalized spacial score (nSPS) is 11.8. The van der Waals surface area contributed by atoms with Crippen LogP contribution < -0.4 is 19.1 Å². The molecule has 9 nitrogen and oxygen atoms in total. The first kappa shape index (κ1) is 32.5. The molecule has 0 aromatic heterocycles. The predicted molar refractivity (Wildman–Crippen MR) is 165 cm³/mol. The molecule has 0 spiro atoms. The molecule has 2 amide bonds. The summed E-state index contributed by atoms with van der Waals surface area (Å²) in [6, 6.07) is 23.0. The molecule has 0 fully saturated rings. The zero-order valence-electron chi connectivity index (χ0n) is 24.8. The van der Waals surface area contributed by atoms with Gasteiger partial charge in [0.1, 0.15) is 17.5 Å². The molecule has 0 saturated carbocycles. The quantitative estimate of drug-likeness (QED) is 0.263. The molecule has 0 aliphatic rings. The van der Waals surface area contributed by atoms with E-state index in [0.717, 1.165) is 23.8 Å². The van der Waals surface area contributed by atoms with Crippen LogP contribution in [0.3, 0.4) is 0 Å². The first-order chi connectivity index (χ1) is 20.2. The lowest BCUT2D eigenvalue weighted by molar-refractivity contribution is -0.141. The van der Waals surface area contributed by atoms with Crippen LogP contribution in [0.15, 0.2) is 78.9 Å². The third kappa shape index (κ3) is 9.51. The third-order valence-electron chi connectivity index (χ3n) is 6.80. The van der Waals surface area contributed by atoms with E-state index in [2.05, 4.69) is 5.32 Å². The van der Waals surface area contributed by atoms with Crippen LogP contribution in [0.5, 0.6) is 11.5 Å². The minimum atomic E-state index is -3.62. The van der Waals surface area contributed by atoms with Crippen LogP contribution in [-0.2, 0) is 32.6 Å². The Balaban J connectivity index is 1.89. The van der Waals surface area contributed by atoms with Gasteiger partial charge in [-0.15, -0.1) is 0 Å². The van der Waals surface area contributed by atoms with Crippen molar-refractivity contribution in [3.05, 3.63) is 90.0 Å². The number of methoxy groups -OCH3 is 2. The molecule has 0 unspecified atom stereocenters. The number of amides is 2. The number of ether oxygens (including phenoxy) is 2. The lowest BCUT2D eigenvalue weighted by atomic mass is 10.0. The topological polar surface area (TPSA) is 105 Å². The average molecular weight is 596 g/mol. The lowest BCUT2D eigenvalue weighted by Gasteiger charge is -2.32. The number of hydrogen-bond acceptors (Lipinski definition) is 6. The molecule has 1 N–H and O–H groups in total. The fourth-order valence-electron chi connectivity index (χ4n) is 4.66. The maximum atomic E-state index is 13.9. The second-order valence-electron chi connectivity index (χ2n) is 10.0. The standard InChI is InChI=1S/C32H41N3O6S/c1-5-19-33-32(37)30(22-25-12-7-6-8-13-25)34(24-26-14-9-16-28(21-26)40-2)31(36)18-11-20-35(42(4,38)39)27-15-10-17-29(23-27)41-3/h6-10,12-17,21,23,30H,5,11,18-20,22,24H2,1-4H3,(H,33,37)/t30-/m1/s1. The van der Waals surface area contributed by atoms with E-state index in [4.69, 9.17) is 9.47 Å². The van der Waals surface area contributed by atoms with Gasteiger partial charge in [0.2, 0.25) is 21.8 Å². The van der Waals surface area contributed by atoms with Gasteiger partial charge in [0.05, 0.1) is 26.2 Å². The van der Waals surface area contributed by atoms with Crippen molar-refractivity contribution in [3.63, 3.8) is 0 Å². The fraction of sp³-hybridized carbons (Fsp3) is 0.375. The molecule has 0 heterocycles. The van der Waals surface area contributed by atoms with Crippen LogP contribution in [0, 0.1) is 0 Å². The summed E-state index contributed by atoms with van der Waals surface area (Å²) >= 11 is 0. The van der Waals surface area contributed by atoms with E-state index < -0.39 is 16.1 Å². The maximum Gasteiger partial charge on any atom is 0.243 e. The fourth-order valence-corrected chi connectivity index (χ4v) is 5.61. The lowest BCUT2D eigenvalue weighted by Crippen LogP contribution is -2.50. The molecular formula is C32H41N3O6S. The van der Waals surface area contributed by atoms with Crippen LogP contribution in [-0.4, -0.2) is 64.7 Å². The van der Waals surface area contributed by atoms with Crippen LogP contribution >= 0.6 is 0 Å². The molecule has 3 aromatic carbocycles. The molecule has 10 heteroatoms. The number of sulfonamides is 1. The molecule has 0 radical (unpaired) electrons. The van der Waals surface area contributed by atoms with E-state index in [0.29, 0.717) is 30.2 Å². The molecular weight excluding hydrogens is 554 g/mol. The summed E-state index contributed by atoms with van der Waals surface area (Å²) in [5.41, 5.74) is 2.20. The van der Waals surface area contributed by atoms with Crippen LogP contribution in [0.4, 0.5) is 5.69 Å². The molecule has 0 aliphatic carbocycles. The van der Waals surface area contributed by atoms with Crippen LogP contribution in [0.2, 0.25) is 0 Å². The molecule has 1 atom stereocenters. The Bertz CT molecular complexity index is 1410. The Hall–Kier alpha value is -4.05. The van der Waals surface area contributed by atoms with Gasteiger partial charge in [0.15, 0.2) is 0 Å². The van der Waals surface area contributed by atoms with E-state index in [1.54, 1.807) is 36.3 Å². The molecule has 3 aromatic rings. The largest absolute Gasteiger partial charge is 0.497 e. The van der Waals surface area contributed by atoms with Gasteiger partial charge in [-0.2, -0.15) is 0 Å². The Morgan fingerprint density at radius 1 is 0.881 bits per heavy atom. The Kier molecular flexibility index (Phi) is 12.2. The van der Waals surface area contributed by atoms with Crippen LogP contribution in [0.25, 0.3) is 0 Å². The number of carbonyl (C=O) groups excluding carboxylic acids is 2. The number of nitrogens with one attached hydrogen (secondary N) is 1. The second-order valence-corrected chi connectivity index (χ2v) is 11.9. The number of rotatable bonds is 16. The zero-order valence-corrected chi connectivity index (χ0v) is 25.6. The number of anilines is 1. The van der Waals surface area contributed by atoms with Gasteiger partial charge < -0.3 is 19.7 Å². The van der Waals surface area contributed by atoms with E-state index in [1.165, 1.54) is 11.4 Å². The van der Waals surface area contributed by atoms with Crippen molar-refractivity contribution in [2.45, 2.75) is 45.2 Å². The average Bonchev–Trinajstić information content (AvgIpc) is 2.99. The van der Waals surface area contributed by atoms with E-state index in [9.17, 15) is 18.0 Å². The number of nitrogens with zero attached hydrogens (tertiary/aromatic N) is 2. The van der Waals surface area contributed by atoms with Gasteiger partial charge in [0.25, 0.3) is 0 Å². The van der Waals surface area contributed by atoms with Gasteiger partial charge in [-0.25, -0.2) is 8.42 Å². The van der Waals surface area contributed by atoms with Gasteiger partial charge in [-0.1, -0.05) is 55.5 Å². The van der Waals surface area contributed by atoms with Crippen molar-refractivity contribution in [3.8, 4) is 11.5 Å². The van der Waals surface area contributed by atoms with Crippen molar-refractivity contribution >= 4 is 27.5 Å². The van der Waals surface area contributed by atoms with E-state index in [-0.39, 0.29) is 37.7 Å². The highest BCUT2D eigenvalue weighted by Crippen LogP contribution is 2.24. The summed E-state index contributed by atoms with van der Waals surface area (Å²) < 4.78 is 37.2. The predicted octanol–water partition coefficient (Wildman–Crippen LogP) is 4.42. The summed E-state index contributed by atoms with van der Waals surface area (Å²) in [6.45, 7) is 2.76. The van der Waals surface area contributed by atoms with Gasteiger partial charge in [-0.3, -0.25) is 13.9 Å². The molecule has 226 valence electrons. The Morgan fingerprint density at radius 2 is 1.52 bits per heavy atom. The van der Waals surface area contributed by atoms with Gasteiger partial charge >= 0.3 is 0 Å². The SMILES string of the molecule is CCCNC(=O)[C@@H](Cc1ccccc1)N(Cc1cccc(OC)c1)C(=O)CCCN(c1cccc(OC)c1)S(C)(=O)=O. The van der Waals surface area contributed by atoms with E-state index >= 15 is 0 Å². The summed E-state index contributed by atoms with van der Waals surface area (Å²) in [5, 5.41) is 2.97. The Morgan fingerprint density at radius 3 is 2.17 bits per heavy atom. The first-order valence-electron chi connectivity index (χ1n) is 14.0. The summed E-state index contributed by atoms with van der Waals surface area (Å²) in [7, 11) is -0.530. The third-order valence-corrected chi connectivity index (χ3v) is 7.99. The van der Waals surface area contributed by atoms with E-state index in [1.807, 2.05) is 61.5 Å². The van der Waals surface area contributed by atoms with Crippen molar-refractivity contribution in [2.24, 2.45) is 0 Å². The molecule has 0 saturated heterocycles. The number of carbonyl (C=O) groups is 2. The van der Waals surface area contributed by atoms with Gasteiger partial charge in [-0.05, 0) is 48.2 Å². The highest BCUT2D eigenvalue weighted by atomic mass is 32.2. The highest BCUT2D eigenvalue weighted by molar-refractivity contribution is 7.92. The first-order valence-corrected chi connectivity index (χ1v) is 15.9.